The maximum Gasteiger partial charge on any atom is 0.261 e. The second kappa shape index (κ2) is 8.73. The first-order valence-corrected chi connectivity index (χ1v) is 9.68. The number of anilines is 1. The summed E-state index contributed by atoms with van der Waals surface area (Å²) in [6.07, 6.45) is 0.320. The minimum Gasteiger partial charge on any atom is -0.494 e. The van der Waals surface area contributed by atoms with Crippen molar-refractivity contribution in [1.29, 1.82) is 0 Å². The van der Waals surface area contributed by atoms with Crippen LogP contribution in [0.2, 0.25) is 0 Å². The number of carbonyl (C=O) groups excluding carboxylic acids is 1. The number of hydrogen-bond donors (Lipinski definition) is 1. The SMILES string of the molecule is CCOc1ccc(NC(=O)CCSc2nc3ccccc3c(=O)n2C)cc1. The molecule has 0 fully saturated rings. The first-order valence-electron chi connectivity index (χ1n) is 8.69. The average molecular weight is 383 g/mol. The third kappa shape index (κ3) is 4.68. The highest BCUT2D eigenvalue weighted by atomic mass is 32.2. The van der Waals surface area contributed by atoms with Crippen LogP contribution in [0, 0.1) is 0 Å². The molecule has 1 heterocycles. The van der Waals surface area contributed by atoms with Gasteiger partial charge in [-0.15, -0.1) is 0 Å². The zero-order valence-electron chi connectivity index (χ0n) is 15.3. The van der Waals surface area contributed by atoms with Gasteiger partial charge in [0, 0.05) is 24.9 Å². The lowest BCUT2D eigenvalue weighted by atomic mass is 10.2. The fraction of sp³-hybridized carbons (Fsp3) is 0.250. The molecule has 27 heavy (non-hydrogen) atoms. The van der Waals surface area contributed by atoms with Gasteiger partial charge in [-0.1, -0.05) is 23.9 Å². The molecule has 0 bridgehead atoms. The molecule has 0 radical (unpaired) electrons. The molecule has 0 atom stereocenters. The van der Waals surface area contributed by atoms with Crippen molar-refractivity contribution in [2.24, 2.45) is 7.05 Å². The average Bonchev–Trinajstić information content (AvgIpc) is 2.67. The summed E-state index contributed by atoms with van der Waals surface area (Å²) in [6, 6.07) is 14.5. The molecule has 2 aromatic carbocycles. The summed E-state index contributed by atoms with van der Waals surface area (Å²) in [6.45, 7) is 2.53. The summed E-state index contributed by atoms with van der Waals surface area (Å²) in [5.74, 6) is 1.22. The molecule has 0 spiro atoms. The number of rotatable bonds is 7. The van der Waals surface area contributed by atoms with Crippen molar-refractivity contribution >= 4 is 34.3 Å². The number of para-hydroxylation sites is 1. The molecule has 0 saturated heterocycles. The Bertz CT molecular complexity index is 1000. The molecular weight excluding hydrogens is 362 g/mol. The van der Waals surface area contributed by atoms with Gasteiger partial charge in [-0.2, -0.15) is 0 Å². The molecule has 1 amide bonds. The molecule has 0 aliphatic heterocycles. The number of carbonyl (C=O) groups is 1. The Kier molecular flexibility index (Phi) is 6.13. The van der Waals surface area contributed by atoms with E-state index in [4.69, 9.17) is 4.74 Å². The fourth-order valence-electron chi connectivity index (χ4n) is 2.59. The molecule has 1 N–H and O–H groups in total. The smallest absolute Gasteiger partial charge is 0.261 e. The zero-order valence-corrected chi connectivity index (χ0v) is 16.1. The molecule has 0 unspecified atom stereocenters. The Morgan fingerprint density at radius 3 is 2.67 bits per heavy atom. The third-order valence-corrected chi connectivity index (χ3v) is 4.98. The number of nitrogens with zero attached hydrogens (tertiary/aromatic N) is 2. The van der Waals surface area contributed by atoms with Crippen LogP contribution in [-0.2, 0) is 11.8 Å². The van der Waals surface area contributed by atoms with Crippen LogP contribution >= 0.6 is 11.8 Å². The second-order valence-corrected chi connectivity index (χ2v) is 6.94. The highest BCUT2D eigenvalue weighted by Gasteiger charge is 2.09. The highest BCUT2D eigenvalue weighted by Crippen LogP contribution is 2.19. The van der Waals surface area contributed by atoms with Gasteiger partial charge in [0.05, 0.1) is 17.5 Å². The van der Waals surface area contributed by atoms with E-state index in [-0.39, 0.29) is 11.5 Å². The molecule has 3 aromatic rings. The van der Waals surface area contributed by atoms with Crippen LogP contribution in [0.4, 0.5) is 5.69 Å². The van der Waals surface area contributed by atoms with Gasteiger partial charge in [0.1, 0.15) is 5.75 Å². The molecule has 0 saturated carbocycles. The van der Waals surface area contributed by atoms with Gasteiger partial charge in [0.2, 0.25) is 5.91 Å². The summed E-state index contributed by atoms with van der Waals surface area (Å²) in [7, 11) is 1.70. The highest BCUT2D eigenvalue weighted by molar-refractivity contribution is 7.99. The van der Waals surface area contributed by atoms with Crippen LogP contribution in [0.5, 0.6) is 5.75 Å². The van der Waals surface area contributed by atoms with Gasteiger partial charge in [-0.05, 0) is 43.3 Å². The number of benzene rings is 2. The number of thioether (sulfide) groups is 1. The number of fused-ring (bicyclic) bond motifs is 1. The normalized spacial score (nSPS) is 10.7. The van der Waals surface area contributed by atoms with Crippen LogP contribution in [0.1, 0.15) is 13.3 Å². The number of amides is 1. The van der Waals surface area contributed by atoms with Gasteiger partial charge in [0.15, 0.2) is 5.16 Å². The van der Waals surface area contributed by atoms with Gasteiger partial charge in [0.25, 0.3) is 5.56 Å². The van der Waals surface area contributed by atoms with Crippen molar-refractivity contribution in [3.63, 3.8) is 0 Å². The van der Waals surface area contributed by atoms with E-state index < -0.39 is 0 Å². The van der Waals surface area contributed by atoms with Crippen molar-refractivity contribution in [1.82, 2.24) is 9.55 Å². The van der Waals surface area contributed by atoms with E-state index in [1.165, 1.54) is 16.3 Å². The summed E-state index contributed by atoms with van der Waals surface area (Å²) < 4.78 is 6.91. The summed E-state index contributed by atoms with van der Waals surface area (Å²) in [4.78, 5) is 29.0. The number of aromatic nitrogens is 2. The van der Waals surface area contributed by atoms with E-state index in [1.807, 2.05) is 49.4 Å². The Balaban J connectivity index is 1.58. The van der Waals surface area contributed by atoms with E-state index in [9.17, 15) is 9.59 Å². The predicted octanol–water partition coefficient (Wildman–Crippen LogP) is 3.45. The summed E-state index contributed by atoms with van der Waals surface area (Å²) in [5, 5.41) is 4.06. The molecule has 0 aliphatic rings. The Morgan fingerprint density at radius 2 is 1.93 bits per heavy atom. The first kappa shape index (κ1) is 19.0. The molecule has 3 rings (SSSR count). The number of ether oxygens (including phenoxy) is 1. The van der Waals surface area contributed by atoms with E-state index in [2.05, 4.69) is 10.3 Å². The van der Waals surface area contributed by atoms with Crippen LogP contribution < -0.4 is 15.6 Å². The van der Waals surface area contributed by atoms with Crippen LogP contribution in [0.25, 0.3) is 10.9 Å². The quantitative estimate of drug-likeness (QED) is 0.500. The van der Waals surface area contributed by atoms with Crippen molar-refractivity contribution < 1.29 is 9.53 Å². The topological polar surface area (TPSA) is 73.2 Å². The largest absolute Gasteiger partial charge is 0.494 e. The maximum atomic E-state index is 12.4. The standard InChI is InChI=1S/C20H21N3O3S/c1-3-26-15-10-8-14(9-11-15)21-18(24)12-13-27-20-22-17-7-5-4-6-16(17)19(25)23(20)2/h4-11H,3,12-13H2,1-2H3,(H,21,24). The van der Waals surface area contributed by atoms with Crippen molar-refractivity contribution in [3.8, 4) is 5.75 Å². The maximum absolute atomic E-state index is 12.4. The summed E-state index contributed by atoms with van der Waals surface area (Å²) in [5.41, 5.74) is 1.31. The third-order valence-electron chi connectivity index (χ3n) is 3.95. The zero-order chi connectivity index (χ0) is 19.2. The van der Waals surface area contributed by atoms with Gasteiger partial charge in [-0.25, -0.2) is 4.98 Å². The van der Waals surface area contributed by atoms with Gasteiger partial charge < -0.3 is 10.1 Å². The second-order valence-electron chi connectivity index (χ2n) is 5.88. The first-order chi connectivity index (χ1) is 13.1. The van der Waals surface area contributed by atoms with Gasteiger partial charge >= 0.3 is 0 Å². The number of hydrogen-bond acceptors (Lipinski definition) is 5. The van der Waals surface area contributed by atoms with Crippen molar-refractivity contribution in [3.05, 3.63) is 58.9 Å². The van der Waals surface area contributed by atoms with E-state index >= 15 is 0 Å². The number of nitrogens with one attached hydrogen (secondary N) is 1. The van der Waals surface area contributed by atoms with Crippen molar-refractivity contribution in [2.45, 2.75) is 18.5 Å². The molecule has 6 nitrogen and oxygen atoms in total. The Morgan fingerprint density at radius 1 is 1.19 bits per heavy atom. The monoisotopic (exact) mass is 383 g/mol. The molecule has 0 aliphatic carbocycles. The summed E-state index contributed by atoms with van der Waals surface area (Å²) >= 11 is 1.40. The molecular formula is C20H21N3O3S. The Labute approximate surface area is 161 Å². The van der Waals surface area contributed by atoms with E-state index in [0.29, 0.717) is 34.8 Å². The fourth-order valence-corrected chi connectivity index (χ4v) is 3.50. The molecule has 1 aromatic heterocycles. The van der Waals surface area contributed by atoms with E-state index in [0.717, 1.165) is 11.4 Å². The van der Waals surface area contributed by atoms with Gasteiger partial charge in [-0.3, -0.25) is 14.2 Å². The van der Waals surface area contributed by atoms with Crippen LogP contribution in [0.3, 0.4) is 0 Å². The van der Waals surface area contributed by atoms with Crippen LogP contribution in [-0.4, -0.2) is 27.8 Å². The van der Waals surface area contributed by atoms with Crippen LogP contribution in [0.15, 0.2) is 58.5 Å². The minimum absolute atomic E-state index is 0.0815. The molecule has 140 valence electrons. The minimum atomic E-state index is -0.0857. The lowest BCUT2D eigenvalue weighted by Gasteiger charge is -2.09. The predicted molar refractivity (Wildman–Crippen MR) is 109 cm³/mol. The van der Waals surface area contributed by atoms with Crippen molar-refractivity contribution in [2.75, 3.05) is 17.7 Å². The lowest BCUT2D eigenvalue weighted by Crippen LogP contribution is -2.20. The lowest BCUT2D eigenvalue weighted by molar-refractivity contribution is -0.115. The Hall–Kier alpha value is -2.80. The molecule has 7 heteroatoms. The van der Waals surface area contributed by atoms with E-state index in [1.54, 1.807) is 13.1 Å².